The van der Waals surface area contributed by atoms with E-state index in [0.29, 0.717) is 10.0 Å². The monoisotopic (exact) mass is 345 g/mol. The third-order valence-electron chi connectivity index (χ3n) is 2.58. The smallest absolute Gasteiger partial charge is 0.0555 e. The molecule has 5 heteroatoms. The Balaban J connectivity index is 2.41. The van der Waals surface area contributed by atoms with Crippen LogP contribution in [-0.2, 0) is 0 Å². The lowest BCUT2D eigenvalue weighted by atomic mass is 9.96. The van der Waals surface area contributed by atoms with E-state index in [1.807, 2.05) is 12.1 Å². The average molecular weight is 347 g/mol. The minimum atomic E-state index is -0.228. The molecule has 2 nitrogen and oxygen atoms in total. The number of pyridine rings is 1. The van der Waals surface area contributed by atoms with E-state index in [9.17, 15) is 5.11 Å². The number of aliphatic hydroxyl groups excluding tert-OH is 1. The number of aliphatic hydroxyl groups is 1. The van der Waals surface area contributed by atoms with Gasteiger partial charge in [-0.3, -0.25) is 4.98 Å². The van der Waals surface area contributed by atoms with Crippen LogP contribution in [-0.4, -0.2) is 16.7 Å². The number of hydrogen-bond donors (Lipinski definition) is 1. The summed E-state index contributed by atoms with van der Waals surface area (Å²) in [6.45, 7) is -0.0503. The summed E-state index contributed by atoms with van der Waals surface area (Å²) in [6, 6.07) is 8.99. The van der Waals surface area contributed by atoms with Crippen molar-refractivity contribution < 1.29 is 5.11 Å². The van der Waals surface area contributed by atoms with Gasteiger partial charge in [-0.2, -0.15) is 0 Å². The molecular weight excluding hydrogens is 337 g/mol. The van der Waals surface area contributed by atoms with Gasteiger partial charge in [-0.15, -0.1) is 0 Å². The van der Waals surface area contributed by atoms with E-state index in [4.69, 9.17) is 23.2 Å². The lowest BCUT2D eigenvalue weighted by Crippen LogP contribution is -2.08. The normalized spacial score (nSPS) is 12.4. The Morgan fingerprint density at radius 2 is 1.83 bits per heavy atom. The lowest BCUT2D eigenvalue weighted by molar-refractivity contribution is 0.279. The molecule has 0 aliphatic carbocycles. The Hall–Kier alpha value is -0.610. The van der Waals surface area contributed by atoms with E-state index in [1.54, 1.807) is 24.4 Å². The fourth-order valence-electron chi connectivity index (χ4n) is 1.74. The minimum Gasteiger partial charge on any atom is -0.395 e. The summed E-state index contributed by atoms with van der Waals surface area (Å²) in [4.78, 5) is 4.29. The van der Waals surface area contributed by atoms with Crippen molar-refractivity contribution in [1.82, 2.24) is 4.98 Å². The maximum Gasteiger partial charge on any atom is 0.0555 e. The zero-order chi connectivity index (χ0) is 13.1. The van der Waals surface area contributed by atoms with E-state index < -0.39 is 0 Å². The summed E-state index contributed by atoms with van der Waals surface area (Å²) in [5.41, 5.74) is 1.63. The molecule has 0 aliphatic heterocycles. The zero-order valence-corrected chi connectivity index (χ0v) is 12.4. The van der Waals surface area contributed by atoms with E-state index in [2.05, 4.69) is 20.9 Å². The van der Waals surface area contributed by atoms with Crippen molar-refractivity contribution in [2.24, 2.45) is 0 Å². The predicted octanol–water partition coefficient (Wildman–Crippen LogP) is 4.28. The summed E-state index contributed by atoms with van der Waals surface area (Å²) in [7, 11) is 0. The fourth-order valence-corrected chi connectivity index (χ4v) is 2.52. The van der Waals surface area contributed by atoms with E-state index in [-0.39, 0.29) is 12.5 Å². The number of rotatable bonds is 3. The highest BCUT2D eigenvalue weighted by atomic mass is 79.9. The second-order valence-electron chi connectivity index (χ2n) is 3.84. The first kappa shape index (κ1) is 13.8. The molecule has 2 rings (SSSR count). The molecule has 1 aromatic heterocycles. The topological polar surface area (TPSA) is 33.1 Å². The first-order chi connectivity index (χ1) is 8.60. The van der Waals surface area contributed by atoms with Crippen LogP contribution in [0.15, 0.2) is 41.0 Å². The summed E-state index contributed by atoms with van der Waals surface area (Å²) >= 11 is 15.3. The SMILES string of the molecule is OCC(c1cc(Cl)cc(Cl)c1)c1ccc(Br)cn1. The molecule has 2 aromatic rings. The molecule has 0 bridgehead atoms. The summed E-state index contributed by atoms with van der Waals surface area (Å²) in [5, 5.41) is 10.6. The molecular formula is C13H10BrCl2NO. The number of halogens is 3. The van der Waals surface area contributed by atoms with Gasteiger partial charge in [0, 0.05) is 26.6 Å². The standard InChI is InChI=1S/C13H10BrCl2NO/c14-9-1-2-13(17-6-9)12(7-18)8-3-10(15)5-11(16)4-8/h1-6,12,18H,7H2. The van der Waals surface area contributed by atoms with Crippen LogP contribution >= 0.6 is 39.1 Å². The van der Waals surface area contributed by atoms with Crippen molar-refractivity contribution >= 4 is 39.1 Å². The molecule has 1 unspecified atom stereocenters. The molecule has 1 N–H and O–H groups in total. The number of nitrogens with zero attached hydrogens (tertiary/aromatic N) is 1. The van der Waals surface area contributed by atoms with Gasteiger partial charge in [-0.05, 0) is 51.8 Å². The molecule has 0 spiro atoms. The zero-order valence-electron chi connectivity index (χ0n) is 9.28. The highest BCUT2D eigenvalue weighted by Crippen LogP contribution is 2.28. The second kappa shape index (κ2) is 6.02. The molecule has 0 fully saturated rings. The Labute approximate surface area is 124 Å². The Bertz CT molecular complexity index is 525. The van der Waals surface area contributed by atoms with Crippen LogP contribution in [0.25, 0.3) is 0 Å². The van der Waals surface area contributed by atoms with E-state index in [1.165, 1.54) is 0 Å². The van der Waals surface area contributed by atoms with Gasteiger partial charge in [0.2, 0.25) is 0 Å². The van der Waals surface area contributed by atoms with Crippen LogP contribution in [0, 0.1) is 0 Å². The number of benzene rings is 1. The van der Waals surface area contributed by atoms with Crippen LogP contribution in [0.5, 0.6) is 0 Å². The molecule has 0 aliphatic rings. The van der Waals surface area contributed by atoms with Gasteiger partial charge in [-0.1, -0.05) is 23.2 Å². The minimum absolute atomic E-state index is 0.0503. The van der Waals surface area contributed by atoms with Crippen LogP contribution in [0.4, 0.5) is 0 Å². The molecule has 1 heterocycles. The number of aromatic nitrogens is 1. The molecule has 94 valence electrons. The summed E-state index contributed by atoms with van der Waals surface area (Å²) < 4.78 is 0.895. The molecule has 1 aromatic carbocycles. The Kier molecular flexibility index (Phi) is 4.62. The van der Waals surface area contributed by atoms with E-state index >= 15 is 0 Å². The third-order valence-corrected chi connectivity index (χ3v) is 3.48. The molecule has 0 saturated heterocycles. The van der Waals surface area contributed by atoms with Crippen molar-refractivity contribution in [3.8, 4) is 0 Å². The van der Waals surface area contributed by atoms with Gasteiger partial charge in [0.25, 0.3) is 0 Å². The van der Waals surface area contributed by atoms with Crippen molar-refractivity contribution in [1.29, 1.82) is 0 Å². The second-order valence-corrected chi connectivity index (χ2v) is 5.63. The summed E-state index contributed by atoms with van der Waals surface area (Å²) in [6.07, 6.45) is 1.70. The van der Waals surface area contributed by atoms with Crippen molar-refractivity contribution in [2.45, 2.75) is 5.92 Å². The highest BCUT2D eigenvalue weighted by Gasteiger charge is 2.15. The summed E-state index contributed by atoms with van der Waals surface area (Å²) in [5.74, 6) is -0.228. The van der Waals surface area contributed by atoms with Crippen molar-refractivity contribution in [2.75, 3.05) is 6.61 Å². The van der Waals surface area contributed by atoms with Gasteiger partial charge in [0.1, 0.15) is 0 Å². The average Bonchev–Trinajstić information content (AvgIpc) is 2.31. The van der Waals surface area contributed by atoms with E-state index in [0.717, 1.165) is 15.7 Å². The van der Waals surface area contributed by atoms with Gasteiger partial charge in [-0.25, -0.2) is 0 Å². The van der Waals surface area contributed by atoms with Crippen LogP contribution in [0.1, 0.15) is 17.2 Å². The first-order valence-electron chi connectivity index (χ1n) is 5.28. The highest BCUT2D eigenvalue weighted by molar-refractivity contribution is 9.10. The fraction of sp³-hybridized carbons (Fsp3) is 0.154. The van der Waals surface area contributed by atoms with Gasteiger partial charge in [0.15, 0.2) is 0 Å². The Morgan fingerprint density at radius 3 is 2.33 bits per heavy atom. The van der Waals surface area contributed by atoms with Crippen molar-refractivity contribution in [3.63, 3.8) is 0 Å². The Morgan fingerprint density at radius 1 is 1.17 bits per heavy atom. The first-order valence-corrected chi connectivity index (χ1v) is 6.83. The lowest BCUT2D eigenvalue weighted by Gasteiger charge is -2.15. The quantitative estimate of drug-likeness (QED) is 0.899. The maximum absolute atomic E-state index is 9.55. The molecule has 18 heavy (non-hydrogen) atoms. The molecule has 0 amide bonds. The molecule has 0 radical (unpaired) electrons. The van der Waals surface area contributed by atoms with Gasteiger partial charge in [0.05, 0.1) is 12.3 Å². The maximum atomic E-state index is 9.55. The number of hydrogen-bond acceptors (Lipinski definition) is 2. The van der Waals surface area contributed by atoms with Crippen molar-refractivity contribution in [3.05, 3.63) is 62.3 Å². The largest absolute Gasteiger partial charge is 0.395 e. The predicted molar refractivity (Wildman–Crippen MR) is 77.3 cm³/mol. The van der Waals surface area contributed by atoms with Gasteiger partial charge >= 0.3 is 0 Å². The third kappa shape index (κ3) is 3.23. The molecule has 0 saturated carbocycles. The van der Waals surface area contributed by atoms with Crippen LogP contribution in [0.3, 0.4) is 0 Å². The van der Waals surface area contributed by atoms with Crippen LogP contribution < -0.4 is 0 Å². The molecule has 1 atom stereocenters. The van der Waals surface area contributed by atoms with Crippen LogP contribution in [0.2, 0.25) is 10.0 Å². The van der Waals surface area contributed by atoms with Gasteiger partial charge < -0.3 is 5.11 Å².